The molecule has 0 N–H and O–H groups in total. The third-order valence-electron chi connectivity index (χ3n) is 3.02. The number of methoxy groups -OCH3 is 2. The van der Waals surface area contributed by atoms with Crippen LogP contribution in [0.1, 0.15) is 16.8 Å². The first-order valence-corrected chi connectivity index (χ1v) is 6.66. The van der Waals surface area contributed by atoms with Crippen molar-refractivity contribution in [3.05, 3.63) is 35.6 Å². The number of ketones is 1. The molecule has 112 valence electrons. The minimum absolute atomic E-state index is 0.0515. The van der Waals surface area contributed by atoms with Gasteiger partial charge >= 0.3 is 0 Å². The Hall–Kier alpha value is -1.30. The molecule has 1 rings (SSSR count). The maximum Gasteiger partial charge on any atom is 0.164 e. The molecule has 0 aliphatic heterocycles. The Labute approximate surface area is 119 Å². The van der Waals surface area contributed by atoms with Crippen molar-refractivity contribution in [2.24, 2.45) is 0 Å². The highest BCUT2D eigenvalue weighted by Gasteiger charge is 2.10. The minimum atomic E-state index is -0.383. The van der Waals surface area contributed by atoms with Crippen molar-refractivity contribution in [3.63, 3.8) is 0 Å². The zero-order valence-corrected chi connectivity index (χ0v) is 12.1. The maximum absolute atomic E-state index is 13.1. The Kier molecular flexibility index (Phi) is 8.02. The van der Waals surface area contributed by atoms with E-state index in [4.69, 9.17) is 9.47 Å². The van der Waals surface area contributed by atoms with Crippen molar-refractivity contribution in [2.45, 2.75) is 6.42 Å². The lowest BCUT2D eigenvalue weighted by atomic mass is 10.1. The Morgan fingerprint density at radius 2 is 1.80 bits per heavy atom. The molecule has 1 aromatic carbocycles. The van der Waals surface area contributed by atoms with Gasteiger partial charge in [0, 0.05) is 45.8 Å². The van der Waals surface area contributed by atoms with Gasteiger partial charge in [-0.05, 0) is 12.1 Å². The van der Waals surface area contributed by atoms with Crippen molar-refractivity contribution in [2.75, 3.05) is 47.1 Å². The summed E-state index contributed by atoms with van der Waals surface area (Å²) < 4.78 is 23.1. The van der Waals surface area contributed by atoms with Gasteiger partial charge in [-0.2, -0.15) is 0 Å². The SMILES string of the molecule is COCCN(CCOC)CCC(=O)c1cccc(F)c1. The van der Waals surface area contributed by atoms with Crippen LogP contribution in [0.25, 0.3) is 0 Å². The number of carbonyl (C=O) groups excluding carboxylic acids is 1. The number of nitrogens with zero attached hydrogens (tertiary/aromatic N) is 1. The summed E-state index contributed by atoms with van der Waals surface area (Å²) in [6.07, 6.45) is 0.358. The van der Waals surface area contributed by atoms with Crippen LogP contribution in [-0.4, -0.2) is 57.8 Å². The summed E-state index contributed by atoms with van der Waals surface area (Å²) in [7, 11) is 3.29. The van der Waals surface area contributed by atoms with Crippen LogP contribution < -0.4 is 0 Å². The van der Waals surface area contributed by atoms with E-state index in [1.54, 1.807) is 26.4 Å². The van der Waals surface area contributed by atoms with E-state index in [-0.39, 0.29) is 11.6 Å². The summed E-state index contributed by atoms with van der Waals surface area (Å²) in [5.41, 5.74) is 0.420. The number of rotatable bonds is 10. The Bertz CT molecular complexity index is 404. The summed E-state index contributed by atoms with van der Waals surface area (Å²) in [4.78, 5) is 14.1. The molecule has 0 aliphatic carbocycles. The van der Waals surface area contributed by atoms with Gasteiger partial charge in [-0.3, -0.25) is 9.69 Å². The van der Waals surface area contributed by atoms with Crippen LogP contribution in [0, 0.1) is 5.82 Å². The smallest absolute Gasteiger partial charge is 0.164 e. The second-order valence-electron chi connectivity index (χ2n) is 4.51. The largest absolute Gasteiger partial charge is 0.383 e. The maximum atomic E-state index is 13.1. The molecule has 1 aromatic rings. The molecule has 0 unspecified atom stereocenters. The molecule has 0 saturated carbocycles. The van der Waals surface area contributed by atoms with Crippen molar-refractivity contribution in [3.8, 4) is 0 Å². The minimum Gasteiger partial charge on any atom is -0.383 e. The number of hydrogen-bond donors (Lipinski definition) is 0. The van der Waals surface area contributed by atoms with Gasteiger partial charge in [-0.1, -0.05) is 12.1 Å². The number of benzene rings is 1. The Balaban J connectivity index is 2.46. The Morgan fingerprint density at radius 3 is 2.35 bits per heavy atom. The van der Waals surface area contributed by atoms with Gasteiger partial charge in [0.1, 0.15) is 5.82 Å². The average molecular weight is 283 g/mol. The quantitative estimate of drug-likeness (QED) is 0.616. The Morgan fingerprint density at radius 1 is 1.15 bits per heavy atom. The average Bonchev–Trinajstić information content (AvgIpc) is 2.46. The van der Waals surface area contributed by atoms with Crippen LogP contribution >= 0.6 is 0 Å². The summed E-state index contributed by atoms with van der Waals surface area (Å²) in [5.74, 6) is -0.434. The van der Waals surface area contributed by atoms with Gasteiger partial charge in [-0.25, -0.2) is 4.39 Å². The molecule has 5 heteroatoms. The molecular formula is C15H22FNO3. The van der Waals surface area contributed by atoms with E-state index in [1.165, 1.54) is 12.1 Å². The molecule has 0 radical (unpaired) electrons. The van der Waals surface area contributed by atoms with Crippen LogP contribution in [0.15, 0.2) is 24.3 Å². The molecule has 0 spiro atoms. The second kappa shape index (κ2) is 9.58. The number of halogens is 1. The van der Waals surface area contributed by atoms with Crippen molar-refractivity contribution < 1.29 is 18.7 Å². The highest BCUT2D eigenvalue weighted by Crippen LogP contribution is 2.07. The molecule has 0 amide bonds. The summed E-state index contributed by atoms with van der Waals surface area (Å²) in [6, 6.07) is 5.80. The third-order valence-corrected chi connectivity index (χ3v) is 3.02. The van der Waals surface area contributed by atoms with Crippen LogP contribution in [0.5, 0.6) is 0 Å². The molecule has 0 heterocycles. The second-order valence-corrected chi connectivity index (χ2v) is 4.51. The summed E-state index contributed by atoms with van der Waals surface area (Å²) >= 11 is 0. The highest BCUT2D eigenvalue weighted by molar-refractivity contribution is 5.96. The number of hydrogen-bond acceptors (Lipinski definition) is 4. The van der Waals surface area contributed by atoms with Crippen LogP contribution in [0.3, 0.4) is 0 Å². The van der Waals surface area contributed by atoms with Crippen molar-refractivity contribution in [1.29, 1.82) is 0 Å². The lowest BCUT2D eigenvalue weighted by molar-refractivity contribution is 0.0911. The molecule has 0 bridgehead atoms. The van der Waals surface area contributed by atoms with E-state index in [0.717, 1.165) is 13.1 Å². The normalized spacial score (nSPS) is 11.0. The lowest BCUT2D eigenvalue weighted by Gasteiger charge is -2.21. The predicted octanol–water partition coefficient (Wildman–Crippen LogP) is 1.99. The van der Waals surface area contributed by atoms with E-state index in [1.807, 2.05) is 0 Å². The molecule has 0 aromatic heterocycles. The highest BCUT2D eigenvalue weighted by atomic mass is 19.1. The third kappa shape index (κ3) is 6.23. The fourth-order valence-corrected chi connectivity index (χ4v) is 1.84. The summed E-state index contributed by atoms with van der Waals surface area (Å²) in [5, 5.41) is 0. The van der Waals surface area contributed by atoms with Gasteiger partial charge in [0.25, 0.3) is 0 Å². The molecule has 0 fully saturated rings. The van der Waals surface area contributed by atoms with Gasteiger partial charge in [0.2, 0.25) is 0 Å². The zero-order chi connectivity index (χ0) is 14.8. The fourth-order valence-electron chi connectivity index (χ4n) is 1.84. The van der Waals surface area contributed by atoms with E-state index in [2.05, 4.69) is 4.90 Å². The monoisotopic (exact) mass is 283 g/mol. The number of carbonyl (C=O) groups is 1. The van der Waals surface area contributed by atoms with Gasteiger partial charge in [-0.15, -0.1) is 0 Å². The van der Waals surface area contributed by atoms with Crippen LogP contribution in [-0.2, 0) is 9.47 Å². The molecule has 20 heavy (non-hydrogen) atoms. The first-order chi connectivity index (χ1) is 9.67. The molecule has 0 saturated heterocycles. The predicted molar refractivity (Wildman–Crippen MR) is 75.5 cm³/mol. The van der Waals surface area contributed by atoms with E-state index in [0.29, 0.717) is 31.7 Å². The van der Waals surface area contributed by atoms with E-state index in [9.17, 15) is 9.18 Å². The molecule has 0 atom stereocenters. The van der Waals surface area contributed by atoms with Crippen molar-refractivity contribution >= 4 is 5.78 Å². The first kappa shape index (κ1) is 16.8. The summed E-state index contributed by atoms with van der Waals surface area (Å²) in [6.45, 7) is 3.32. The molecular weight excluding hydrogens is 261 g/mol. The lowest BCUT2D eigenvalue weighted by Crippen LogP contribution is -2.32. The fraction of sp³-hybridized carbons (Fsp3) is 0.533. The van der Waals surface area contributed by atoms with E-state index < -0.39 is 0 Å². The molecule has 4 nitrogen and oxygen atoms in total. The van der Waals surface area contributed by atoms with Crippen molar-refractivity contribution in [1.82, 2.24) is 4.90 Å². The van der Waals surface area contributed by atoms with Crippen LogP contribution in [0.2, 0.25) is 0 Å². The molecule has 0 aliphatic rings. The van der Waals surface area contributed by atoms with Gasteiger partial charge < -0.3 is 9.47 Å². The van der Waals surface area contributed by atoms with E-state index >= 15 is 0 Å². The zero-order valence-electron chi connectivity index (χ0n) is 12.1. The van der Waals surface area contributed by atoms with Crippen LogP contribution in [0.4, 0.5) is 4.39 Å². The standard InChI is InChI=1S/C15H22FNO3/c1-19-10-8-17(9-11-20-2)7-6-15(18)13-4-3-5-14(16)12-13/h3-5,12H,6-11H2,1-2H3. The van der Waals surface area contributed by atoms with Gasteiger partial charge in [0.05, 0.1) is 13.2 Å². The van der Waals surface area contributed by atoms with Gasteiger partial charge in [0.15, 0.2) is 5.78 Å². The number of Topliss-reactive ketones (excluding diaryl/α,β-unsaturated/α-hetero) is 1. The number of ether oxygens (including phenoxy) is 2. The first-order valence-electron chi connectivity index (χ1n) is 6.66. The topological polar surface area (TPSA) is 38.8 Å².